The van der Waals surface area contributed by atoms with E-state index in [-0.39, 0.29) is 5.91 Å². The average molecular weight is 286 g/mol. The van der Waals surface area contributed by atoms with Gasteiger partial charge in [-0.3, -0.25) is 9.89 Å². The molecule has 21 heavy (non-hydrogen) atoms. The molecule has 0 saturated heterocycles. The smallest absolute Gasteiger partial charge is 0.261 e. The molecule has 0 radical (unpaired) electrons. The average Bonchev–Trinajstić information content (AvgIpc) is 3.03. The van der Waals surface area contributed by atoms with Gasteiger partial charge in [0.2, 0.25) is 0 Å². The second-order valence-corrected chi connectivity index (χ2v) is 5.41. The van der Waals surface area contributed by atoms with Crippen LogP contribution in [0.1, 0.15) is 28.3 Å². The Balaban J connectivity index is 1.62. The number of aromatic amines is 1. The van der Waals surface area contributed by atoms with Crippen LogP contribution in [0.3, 0.4) is 0 Å². The molecule has 6 heteroatoms. The summed E-state index contributed by atoms with van der Waals surface area (Å²) in [7, 11) is 0. The van der Waals surface area contributed by atoms with E-state index in [9.17, 15) is 4.79 Å². The van der Waals surface area contributed by atoms with Gasteiger partial charge >= 0.3 is 0 Å². The Labute approximate surface area is 122 Å². The first-order chi connectivity index (χ1) is 10.0. The maximum absolute atomic E-state index is 12.2. The van der Waals surface area contributed by atoms with E-state index in [4.69, 9.17) is 4.74 Å². The van der Waals surface area contributed by atoms with E-state index in [1.54, 1.807) is 0 Å². The van der Waals surface area contributed by atoms with Crippen molar-refractivity contribution in [2.24, 2.45) is 0 Å². The lowest BCUT2D eigenvalue weighted by atomic mass is 10.0. The molecule has 1 aromatic heterocycles. The second-order valence-electron chi connectivity index (χ2n) is 5.41. The third-order valence-electron chi connectivity index (χ3n) is 3.71. The molecule has 1 aliphatic heterocycles. The first kappa shape index (κ1) is 13.6. The van der Waals surface area contributed by atoms with Crippen LogP contribution in [-0.2, 0) is 17.8 Å². The van der Waals surface area contributed by atoms with Crippen molar-refractivity contribution < 1.29 is 9.53 Å². The molecular weight excluding hydrogens is 268 g/mol. The molecule has 1 aromatic carbocycles. The zero-order valence-corrected chi connectivity index (χ0v) is 12.4. The topological polar surface area (TPSA) is 79.9 Å². The number of rotatable bonds is 3. The quantitative estimate of drug-likeness (QED) is 0.892. The van der Waals surface area contributed by atoms with Crippen molar-refractivity contribution in [1.82, 2.24) is 20.5 Å². The summed E-state index contributed by atoms with van der Waals surface area (Å²) in [6, 6.07) is 4.09. The number of aromatic nitrogens is 3. The summed E-state index contributed by atoms with van der Waals surface area (Å²) < 4.78 is 5.74. The Morgan fingerprint density at radius 2 is 2.14 bits per heavy atom. The van der Waals surface area contributed by atoms with Gasteiger partial charge in [-0.1, -0.05) is 6.07 Å². The molecule has 1 aliphatic rings. The number of nitrogens with one attached hydrogen (secondary N) is 2. The van der Waals surface area contributed by atoms with Crippen molar-refractivity contribution >= 4 is 5.91 Å². The Bertz CT molecular complexity index is 662. The highest BCUT2D eigenvalue weighted by atomic mass is 16.5. The normalized spacial score (nSPS) is 16.4. The van der Waals surface area contributed by atoms with Gasteiger partial charge in [0.25, 0.3) is 5.91 Å². The van der Waals surface area contributed by atoms with Crippen molar-refractivity contribution in [3.8, 4) is 5.75 Å². The van der Waals surface area contributed by atoms with E-state index < -0.39 is 6.10 Å². The van der Waals surface area contributed by atoms with Gasteiger partial charge in [-0.05, 0) is 43.5 Å². The monoisotopic (exact) mass is 286 g/mol. The van der Waals surface area contributed by atoms with Crippen molar-refractivity contribution in [3.63, 3.8) is 0 Å². The van der Waals surface area contributed by atoms with Crippen LogP contribution in [0.15, 0.2) is 12.1 Å². The summed E-state index contributed by atoms with van der Waals surface area (Å²) >= 11 is 0. The number of ether oxygens (including phenoxy) is 1. The summed E-state index contributed by atoms with van der Waals surface area (Å²) in [6.45, 7) is 6.23. The summed E-state index contributed by atoms with van der Waals surface area (Å²) in [5, 5.41) is 9.54. The van der Waals surface area contributed by atoms with Crippen molar-refractivity contribution in [2.75, 3.05) is 0 Å². The first-order valence-electron chi connectivity index (χ1n) is 6.95. The van der Waals surface area contributed by atoms with E-state index in [2.05, 4.69) is 33.5 Å². The summed E-state index contributed by atoms with van der Waals surface area (Å²) in [5.74, 6) is 1.98. The zero-order chi connectivity index (χ0) is 15.0. The fourth-order valence-corrected chi connectivity index (χ4v) is 2.41. The van der Waals surface area contributed by atoms with Crippen molar-refractivity contribution in [3.05, 3.63) is 40.5 Å². The highest BCUT2D eigenvalue weighted by Crippen LogP contribution is 2.31. The summed E-state index contributed by atoms with van der Waals surface area (Å²) in [6.07, 6.45) is 0.135. The molecule has 6 nitrogen and oxygen atoms in total. The van der Waals surface area contributed by atoms with E-state index in [1.165, 1.54) is 11.1 Å². The maximum atomic E-state index is 12.2. The van der Waals surface area contributed by atoms with Crippen molar-refractivity contribution in [1.29, 1.82) is 0 Å². The third-order valence-corrected chi connectivity index (χ3v) is 3.71. The number of hydrogen-bond acceptors (Lipinski definition) is 4. The van der Waals surface area contributed by atoms with Gasteiger partial charge in [0, 0.05) is 6.42 Å². The number of carbonyl (C=O) groups excluding carboxylic acids is 1. The third kappa shape index (κ3) is 2.74. The molecule has 1 amide bonds. The minimum atomic E-state index is -0.471. The lowest BCUT2D eigenvalue weighted by Crippen LogP contribution is -2.37. The van der Waals surface area contributed by atoms with Crippen LogP contribution in [-0.4, -0.2) is 27.2 Å². The van der Waals surface area contributed by atoms with Gasteiger partial charge in [0.1, 0.15) is 11.6 Å². The van der Waals surface area contributed by atoms with E-state index in [0.717, 1.165) is 17.1 Å². The predicted octanol–water partition coefficient (Wildman–Crippen LogP) is 1.35. The predicted molar refractivity (Wildman–Crippen MR) is 77.0 cm³/mol. The van der Waals surface area contributed by atoms with Gasteiger partial charge < -0.3 is 10.1 Å². The Morgan fingerprint density at radius 3 is 2.86 bits per heavy atom. The van der Waals surface area contributed by atoms with Crippen molar-refractivity contribution in [2.45, 2.75) is 39.8 Å². The number of hydrogen-bond donors (Lipinski definition) is 2. The van der Waals surface area contributed by atoms with E-state index in [1.807, 2.05) is 19.9 Å². The minimum absolute atomic E-state index is 0.135. The van der Waals surface area contributed by atoms with Crippen LogP contribution < -0.4 is 10.1 Å². The SMILES string of the molecule is Cc1nc(CNC(=O)[C@H]2Cc3cc(C)c(C)cc3O2)n[nH]1. The van der Waals surface area contributed by atoms with Crippen LogP contribution >= 0.6 is 0 Å². The van der Waals surface area contributed by atoms with Gasteiger partial charge in [0.05, 0.1) is 6.54 Å². The molecule has 1 atom stereocenters. The highest BCUT2D eigenvalue weighted by Gasteiger charge is 2.29. The van der Waals surface area contributed by atoms with Gasteiger partial charge in [-0.2, -0.15) is 5.10 Å². The number of H-pyrrole nitrogens is 1. The van der Waals surface area contributed by atoms with Gasteiger partial charge in [0.15, 0.2) is 11.9 Å². The summed E-state index contributed by atoms with van der Waals surface area (Å²) in [5.41, 5.74) is 3.48. The fourth-order valence-electron chi connectivity index (χ4n) is 2.41. The van der Waals surface area contributed by atoms with Gasteiger partial charge in [-0.15, -0.1) is 0 Å². The summed E-state index contributed by atoms with van der Waals surface area (Å²) in [4.78, 5) is 16.3. The number of carbonyl (C=O) groups is 1. The van der Waals surface area contributed by atoms with Crippen LogP contribution in [0.5, 0.6) is 5.75 Å². The largest absolute Gasteiger partial charge is 0.480 e. The molecule has 2 aromatic rings. The minimum Gasteiger partial charge on any atom is -0.480 e. The molecule has 110 valence electrons. The lowest BCUT2D eigenvalue weighted by Gasteiger charge is -2.10. The van der Waals surface area contributed by atoms with Crippen LogP contribution in [0.2, 0.25) is 0 Å². The maximum Gasteiger partial charge on any atom is 0.261 e. The molecule has 0 aliphatic carbocycles. The molecule has 2 heterocycles. The molecule has 2 N–H and O–H groups in total. The zero-order valence-electron chi connectivity index (χ0n) is 12.4. The number of aryl methyl sites for hydroxylation is 3. The second kappa shape index (κ2) is 5.20. The number of amides is 1. The number of benzene rings is 1. The molecule has 3 rings (SSSR count). The van der Waals surface area contributed by atoms with Crippen LogP contribution in [0.4, 0.5) is 0 Å². The van der Waals surface area contributed by atoms with Crippen LogP contribution in [0.25, 0.3) is 0 Å². The first-order valence-corrected chi connectivity index (χ1v) is 6.95. The Kier molecular flexibility index (Phi) is 3.37. The Hall–Kier alpha value is -2.37. The highest BCUT2D eigenvalue weighted by molar-refractivity contribution is 5.82. The van der Waals surface area contributed by atoms with Crippen LogP contribution in [0, 0.1) is 20.8 Å². The molecule has 0 unspecified atom stereocenters. The molecular formula is C15H18N4O2. The Morgan fingerprint density at radius 1 is 1.38 bits per heavy atom. The lowest BCUT2D eigenvalue weighted by molar-refractivity contribution is -0.127. The molecule has 0 saturated carbocycles. The van der Waals surface area contributed by atoms with E-state index >= 15 is 0 Å². The standard InChI is InChI=1S/C15H18N4O2/c1-8-4-11-6-13(21-12(11)5-9(8)2)15(20)16-7-14-17-10(3)18-19-14/h4-5,13H,6-7H2,1-3H3,(H,16,20)(H,17,18,19)/t13-/m1/s1. The molecule has 0 bridgehead atoms. The number of nitrogens with zero attached hydrogens (tertiary/aromatic N) is 2. The van der Waals surface area contributed by atoms with E-state index in [0.29, 0.717) is 18.8 Å². The number of fused-ring (bicyclic) bond motifs is 1. The molecule has 0 spiro atoms. The fraction of sp³-hybridized carbons (Fsp3) is 0.400. The molecule has 0 fully saturated rings. The van der Waals surface area contributed by atoms with Gasteiger partial charge in [-0.25, -0.2) is 4.98 Å².